The Labute approximate surface area is 90.3 Å². The van der Waals surface area contributed by atoms with Crippen LogP contribution < -0.4 is 0 Å². The molecule has 1 aromatic carbocycles. The number of benzene rings is 1. The second-order valence-electron chi connectivity index (χ2n) is 4.04. The molecule has 0 aromatic heterocycles. The summed E-state index contributed by atoms with van der Waals surface area (Å²) >= 11 is 0. The number of alkyl halides is 2. The summed E-state index contributed by atoms with van der Waals surface area (Å²) in [5, 5.41) is 0. The minimum Gasteiger partial charge on any atom is -0.202 e. The van der Waals surface area contributed by atoms with Gasteiger partial charge in [0.25, 0.3) is 5.92 Å². The molecule has 0 radical (unpaired) electrons. The molecular formula is C13H18F2. The van der Waals surface area contributed by atoms with E-state index in [1.807, 2.05) is 12.1 Å². The molecule has 0 spiro atoms. The van der Waals surface area contributed by atoms with E-state index in [-0.39, 0.29) is 5.56 Å². The van der Waals surface area contributed by atoms with Crippen LogP contribution in [0.5, 0.6) is 0 Å². The number of hydrogen-bond donors (Lipinski definition) is 0. The van der Waals surface area contributed by atoms with E-state index in [0.29, 0.717) is 0 Å². The first-order valence-corrected chi connectivity index (χ1v) is 5.51. The molecule has 1 aromatic rings. The normalized spacial score (nSPS) is 11.7. The zero-order chi connectivity index (χ0) is 11.3. The zero-order valence-electron chi connectivity index (χ0n) is 9.39. The van der Waals surface area contributed by atoms with Crippen molar-refractivity contribution >= 4 is 0 Å². The molecule has 0 N–H and O–H groups in total. The van der Waals surface area contributed by atoms with Gasteiger partial charge in [-0.05, 0) is 18.4 Å². The molecular weight excluding hydrogens is 194 g/mol. The predicted molar refractivity (Wildman–Crippen MR) is 59.2 cm³/mol. The van der Waals surface area contributed by atoms with E-state index >= 15 is 0 Å². The van der Waals surface area contributed by atoms with E-state index in [2.05, 4.69) is 6.92 Å². The quantitative estimate of drug-likeness (QED) is 0.629. The zero-order valence-corrected chi connectivity index (χ0v) is 9.39. The highest BCUT2D eigenvalue weighted by molar-refractivity contribution is 5.25. The summed E-state index contributed by atoms with van der Waals surface area (Å²) in [7, 11) is 0. The summed E-state index contributed by atoms with van der Waals surface area (Å²) in [6, 6.07) is 6.67. The van der Waals surface area contributed by atoms with Gasteiger partial charge in [-0.1, -0.05) is 44.0 Å². The summed E-state index contributed by atoms with van der Waals surface area (Å²) in [5.74, 6) is -2.72. The van der Waals surface area contributed by atoms with Crippen molar-refractivity contribution in [1.82, 2.24) is 0 Å². The van der Waals surface area contributed by atoms with Crippen molar-refractivity contribution in [1.29, 1.82) is 0 Å². The number of unbranched alkanes of at least 4 members (excludes halogenated alkanes) is 2. The minimum absolute atomic E-state index is 0.0988. The van der Waals surface area contributed by atoms with Crippen molar-refractivity contribution < 1.29 is 8.78 Å². The van der Waals surface area contributed by atoms with Crippen LogP contribution in [0.15, 0.2) is 24.3 Å². The molecule has 15 heavy (non-hydrogen) atoms. The maximum Gasteiger partial charge on any atom is 0.270 e. The molecule has 1 rings (SSSR count). The lowest BCUT2D eigenvalue weighted by molar-refractivity contribution is 0.0174. The van der Waals surface area contributed by atoms with E-state index in [9.17, 15) is 8.78 Å². The smallest absolute Gasteiger partial charge is 0.202 e. The van der Waals surface area contributed by atoms with Crippen LogP contribution in [0.4, 0.5) is 8.78 Å². The van der Waals surface area contributed by atoms with Gasteiger partial charge in [-0.3, -0.25) is 0 Å². The molecule has 0 bridgehead atoms. The minimum atomic E-state index is -2.72. The number of aryl methyl sites for hydroxylation is 1. The van der Waals surface area contributed by atoms with Crippen LogP contribution in [0.25, 0.3) is 0 Å². The van der Waals surface area contributed by atoms with Gasteiger partial charge >= 0.3 is 0 Å². The van der Waals surface area contributed by atoms with Gasteiger partial charge in [0.05, 0.1) is 0 Å². The Kier molecular flexibility index (Phi) is 4.25. The fraction of sp³-hybridized carbons (Fsp3) is 0.538. The highest BCUT2D eigenvalue weighted by Crippen LogP contribution is 2.26. The topological polar surface area (TPSA) is 0 Å². The molecule has 0 amide bonds. The van der Waals surface area contributed by atoms with Crippen molar-refractivity contribution in [2.24, 2.45) is 0 Å². The monoisotopic (exact) mass is 212 g/mol. The third-order valence-corrected chi connectivity index (χ3v) is 2.53. The van der Waals surface area contributed by atoms with Crippen molar-refractivity contribution in [3.8, 4) is 0 Å². The van der Waals surface area contributed by atoms with Crippen LogP contribution in [0, 0.1) is 0 Å². The lowest BCUT2D eigenvalue weighted by Crippen LogP contribution is -2.06. The Morgan fingerprint density at radius 1 is 1.07 bits per heavy atom. The molecule has 84 valence electrons. The molecule has 0 saturated heterocycles. The highest BCUT2D eigenvalue weighted by Gasteiger charge is 2.23. The first-order chi connectivity index (χ1) is 7.04. The second kappa shape index (κ2) is 5.24. The van der Waals surface area contributed by atoms with Gasteiger partial charge < -0.3 is 0 Å². The summed E-state index contributed by atoms with van der Waals surface area (Å²) in [6.45, 7) is 3.08. The SMILES string of the molecule is CCCCCc1ccc(C(C)(F)F)cc1. The molecule has 0 unspecified atom stereocenters. The molecule has 0 aliphatic carbocycles. The predicted octanol–water partition coefficient (Wildman–Crippen LogP) is 4.53. The first-order valence-electron chi connectivity index (χ1n) is 5.51. The maximum atomic E-state index is 12.9. The summed E-state index contributed by atoms with van der Waals surface area (Å²) in [5.41, 5.74) is 1.25. The van der Waals surface area contributed by atoms with E-state index in [4.69, 9.17) is 0 Å². The van der Waals surface area contributed by atoms with Gasteiger partial charge in [-0.15, -0.1) is 0 Å². The van der Waals surface area contributed by atoms with Gasteiger partial charge in [0, 0.05) is 12.5 Å². The van der Waals surface area contributed by atoms with Crippen LogP contribution in [-0.2, 0) is 12.3 Å². The van der Waals surface area contributed by atoms with Crippen molar-refractivity contribution in [2.45, 2.75) is 45.5 Å². The lowest BCUT2D eigenvalue weighted by atomic mass is 10.0. The van der Waals surface area contributed by atoms with Gasteiger partial charge in [0.2, 0.25) is 0 Å². The largest absolute Gasteiger partial charge is 0.270 e. The Morgan fingerprint density at radius 3 is 2.13 bits per heavy atom. The molecule has 0 nitrogen and oxygen atoms in total. The van der Waals surface area contributed by atoms with Gasteiger partial charge in [-0.25, -0.2) is 8.78 Å². The van der Waals surface area contributed by atoms with E-state index in [1.54, 1.807) is 0 Å². The fourth-order valence-corrected chi connectivity index (χ4v) is 1.54. The molecule has 2 heteroatoms. The standard InChI is InChI=1S/C13H18F2/c1-3-4-5-6-11-7-9-12(10-8-11)13(2,14)15/h7-10H,3-6H2,1-2H3. The van der Waals surface area contributed by atoms with Crippen LogP contribution >= 0.6 is 0 Å². The molecule has 0 heterocycles. The number of hydrogen-bond acceptors (Lipinski definition) is 0. The molecule has 0 atom stereocenters. The summed E-state index contributed by atoms with van der Waals surface area (Å²) in [6.07, 6.45) is 4.51. The van der Waals surface area contributed by atoms with Crippen LogP contribution in [-0.4, -0.2) is 0 Å². The van der Waals surface area contributed by atoms with Crippen LogP contribution in [0.3, 0.4) is 0 Å². The third-order valence-electron chi connectivity index (χ3n) is 2.53. The van der Waals surface area contributed by atoms with Crippen molar-refractivity contribution in [2.75, 3.05) is 0 Å². The second-order valence-corrected chi connectivity index (χ2v) is 4.04. The van der Waals surface area contributed by atoms with Crippen LogP contribution in [0.2, 0.25) is 0 Å². The molecule has 0 saturated carbocycles. The van der Waals surface area contributed by atoms with Crippen molar-refractivity contribution in [3.05, 3.63) is 35.4 Å². The lowest BCUT2D eigenvalue weighted by Gasteiger charge is -2.10. The molecule has 0 fully saturated rings. The average molecular weight is 212 g/mol. The number of rotatable bonds is 5. The van der Waals surface area contributed by atoms with Crippen molar-refractivity contribution in [3.63, 3.8) is 0 Å². The fourth-order valence-electron chi connectivity index (χ4n) is 1.54. The number of halogens is 2. The molecule has 0 aliphatic heterocycles. The van der Waals surface area contributed by atoms with Gasteiger partial charge in [-0.2, -0.15) is 0 Å². The Morgan fingerprint density at radius 2 is 1.67 bits per heavy atom. The highest BCUT2D eigenvalue weighted by atomic mass is 19.3. The average Bonchev–Trinajstić information content (AvgIpc) is 2.18. The summed E-state index contributed by atoms with van der Waals surface area (Å²) in [4.78, 5) is 0. The van der Waals surface area contributed by atoms with Crippen LogP contribution in [0.1, 0.15) is 44.2 Å². The van der Waals surface area contributed by atoms with Gasteiger partial charge in [0.15, 0.2) is 0 Å². The van der Waals surface area contributed by atoms with E-state index < -0.39 is 5.92 Å². The summed E-state index contributed by atoms with van der Waals surface area (Å²) < 4.78 is 25.8. The van der Waals surface area contributed by atoms with E-state index in [1.165, 1.54) is 25.0 Å². The Balaban J connectivity index is 2.57. The Bertz CT molecular complexity index is 282. The first kappa shape index (κ1) is 12.2. The third kappa shape index (κ3) is 3.98. The van der Waals surface area contributed by atoms with E-state index in [0.717, 1.165) is 25.3 Å². The van der Waals surface area contributed by atoms with Gasteiger partial charge in [0.1, 0.15) is 0 Å². The Hall–Kier alpha value is -0.920. The maximum absolute atomic E-state index is 12.9. The molecule has 0 aliphatic rings.